The summed E-state index contributed by atoms with van der Waals surface area (Å²) in [5.41, 5.74) is 1.91. The van der Waals surface area contributed by atoms with E-state index >= 15 is 0 Å². The lowest BCUT2D eigenvalue weighted by Gasteiger charge is -2.34. The molecule has 0 bridgehead atoms. The predicted molar refractivity (Wildman–Crippen MR) is 121 cm³/mol. The number of carbonyl (C=O) groups is 2. The number of carbonyl (C=O) groups excluding carboxylic acids is 2. The van der Waals surface area contributed by atoms with Gasteiger partial charge in [0.2, 0.25) is 18.3 Å². The van der Waals surface area contributed by atoms with Crippen molar-refractivity contribution in [3.63, 3.8) is 0 Å². The molecule has 0 saturated heterocycles. The molecule has 1 aliphatic heterocycles. The van der Waals surface area contributed by atoms with Crippen LogP contribution < -0.4 is 28.4 Å². The van der Waals surface area contributed by atoms with E-state index in [-0.39, 0.29) is 24.2 Å². The molecule has 0 spiro atoms. The number of hydrogen-bond acceptors (Lipinski definition) is 9. The van der Waals surface area contributed by atoms with E-state index < -0.39 is 18.0 Å². The molecule has 2 aromatic carbocycles. The average Bonchev–Trinajstić information content (AvgIpc) is 3.31. The van der Waals surface area contributed by atoms with E-state index in [1.54, 1.807) is 12.1 Å². The number of ketones is 1. The highest BCUT2D eigenvalue weighted by atomic mass is 16.7. The highest BCUT2D eigenvalue weighted by Gasteiger charge is 2.42. The monoisotopic (exact) mass is 472 g/mol. The predicted octanol–water partition coefficient (Wildman–Crippen LogP) is 4.19. The molecule has 0 unspecified atom stereocenters. The number of rotatable bonds is 5. The molecular formula is C25H28O9. The molecule has 0 radical (unpaired) electrons. The Morgan fingerprint density at radius 3 is 2.18 bits per heavy atom. The van der Waals surface area contributed by atoms with Crippen LogP contribution in [-0.2, 0) is 9.53 Å². The number of hydrogen-bond donors (Lipinski definition) is 0. The van der Waals surface area contributed by atoms with E-state index in [1.807, 2.05) is 13.8 Å². The summed E-state index contributed by atoms with van der Waals surface area (Å²) in [6.45, 7) is 5.03. The zero-order valence-corrected chi connectivity index (χ0v) is 20.3. The van der Waals surface area contributed by atoms with Gasteiger partial charge in [0, 0.05) is 41.0 Å². The van der Waals surface area contributed by atoms with Crippen molar-refractivity contribution in [3.8, 4) is 45.6 Å². The number of fused-ring (bicyclic) bond motifs is 4. The van der Waals surface area contributed by atoms with Gasteiger partial charge in [-0.05, 0) is 12.1 Å². The number of benzene rings is 2. The number of methoxy groups -OCH3 is 4. The van der Waals surface area contributed by atoms with Crippen molar-refractivity contribution in [1.82, 2.24) is 0 Å². The summed E-state index contributed by atoms with van der Waals surface area (Å²) >= 11 is 0. The van der Waals surface area contributed by atoms with E-state index in [2.05, 4.69) is 0 Å². The lowest BCUT2D eigenvalue weighted by Crippen LogP contribution is -2.30. The Balaban J connectivity index is 2.22. The van der Waals surface area contributed by atoms with Crippen LogP contribution in [0.4, 0.5) is 0 Å². The van der Waals surface area contributed by atoms with Crippen LogP contribution in [0.3, 0.4) is 0 Å². The third-order valence-electron chi connectivity index (χ3n) is 6.48. The van der Waals surface area contributed by atoms with Crippen LogP contribution in [0.5, 0.6) is 34.5 Å². The average molecular weight is 472 g/mol. The van der Waals surface area contributed by atoms with Crippen molar-refractivity contribution in [2.75, 3.05) is 35.2 Å². The van der Waals surface area contributed by atoms with Gasteiger partial charge in [-0.25, -0.2) is 0 Å². The van der Waals surface area contributed by atoms with Gasteiger partial charge in [0.05, 0.1) is 28.4 Å². The van der Waals surface area contributed by atoms with E-state index in [1.165, 1.54) is 35.4 Å². The second-order valence-corrected chi connectivity index (χ2v) is 8.22. The molecule has 9 heteroatoms. The fourth-order valence-corrected chi connectivity index (χ4v) is 4.69. The topological polar surface area (TPSA) is 98.8 Å². The van der Waals surface area contributed by atoms with Crippen molar-refractivity contribution in [2.45, 2.75) is 26.9 Å². The normalized spacial score (nSPS) is 20.4. The van der Waals surface area contributed by atoms with E-state index in [9.17, 15) is 9.59 Å². The molecule has 0 fully saturated rings. The van der Waals surface area contributed by atoms with Crippen molar-refractivity contribution in [2.24, 2.45) is 11.8 Å². The Kier molecular flexibility index (Phi) is 6.20. The maximum absolute atomic E-state index is 13.8. The summed E-state index contributed by atoms with van der Waals surface area (Å²) in [5, 5.41) is 0. The highest BCUT2D eigenvalue weighted by molar-refractivity contribution is 6.08. The van der Waals surface area contributed by atoms with Gasteiger partial charge in [-0.3, -0.25) is 9.59 Å². The van der Waals surface area contributed by atoms with Gasteiger partial charge in [-0.15, -0.1) is 0 Å². The second kappa shape index (κ2) is 8.96. The Hall–Kier alpha value is -3.62. The van der Waals surface area contributed by atoms with Crippen molar-refractivity contribution in [1.29, 1.82) is 0 Å². The quantitative estimate of drug-likeness (QED) is 0.593. The third kappa shape index (κ3) is 3.46. The SMILES string of the molecule is COc1cc2c(c(OC)c1OC)-c1c(cc3c(c1OC)OCO3)[C@@H](OC(C)=O)[C@@H](C)[C@H](C)C2=O. The summed E-state index contributed by atoms with van der Waals surface area (Å²) < 4.78 is 39.9. The third-order valence-corrected chi connectivity index (χ3v) is 6.48. The van der Waals surface area contributed by atoms with E-state index in [4.69, 9.17) is 33.2 Å². The van der Waals surface area contributed by atoms with Crippen molar-refractivity contribution in [3.05, 3.63) is 23.3 Å². The van der Waals surface area contributed by atoms with Gasteiger partial charge in [-0.2, -0.15) is 0 Å². The van der Waals surface area contributed by atoms with Gasteiger partial charge >= 0.3 is 5.97 Å². The lowest BCUT2D eigenvalue weighted by atomic mass is 9.75. The molecule has 2 aromatic rings. The molecule has 34 heavy (non-hydrogen) atoms. The van der Waals surface area contributed by atoms with Crippen LogP contribution in [-0.4, -0.2) is 47.0 Å². The standard InChI is InChI=1S/C25H28O9/c1-11-12(2)21(34-13(3)26)15-9-17-23(33-10-32-17)25(31-7)19(15)18-14(20(11)27)8-16(28-4)22(29-5)24(18)30-6/h8-9,11-12,21H,10H2,1-7H3/t11-,12-,21-/m0/s1. The minimum atomic E-state index is -0.763. The lowest BCUT2D eigenvalue weighted by molar-refractivity contribution is -0.150. The van der Waals surface area contributed by atoms with Crippen LogP contribution in [0.2, 0.25) is 0 Å². The maximum atomic E-state index is 13.8. The fraction of sp³-hybridized carbons (Fsp3) is 0.440. The molecule has 9 nitrogen and oxygen atoms in total. The number of esters is 1. The van der Waals surface area contributed by atoms with Crippen LogP contribution in [0.15, 0.2) is 12.1 Å². The Labute approximate surface area is 197 Å². The van der Waals surface area contributed by atoms with Crippen molar-refractivity contribution >= 4 is 11.8 Å². The van der Waals surface area contributed by atoms with Gasteiger partial charge in [-0.1, -0.05) is 13.8 Å². The molecule has 3 atom stereocenters. The first-order valence-electron chi connectivity index (χ1n) is 10.8. The zero-order valence-electron chi connectivity index (χ0n) is 20.3. The molecule has 0 aromatic heterocycles. The van der Waals surface area contributed by atoms with Gasteiger partial charge < -0.3 is 33.2 Å². The van der Waals surface area contributed by atoms with Gasteiger partial charge in [0.25, 0.3) is 0 Å². The van der Waals surface area contributed by atoms with Crippen LogP contribution >= 0.6 is 0 Å². The maximum Gasteiger partial charge on any atom is 0.303 e. The summed E-state index contributed by atoms with van der Waals surface area (Å²) in [6.07, 6.45) is -0.763. The molecule has 182 valence electrons. The minimum absolute atomic E-state index is 0.00757. The number of Topliss-reactive ketones (excluding diaryl/α,β-unsaturated/α-hetero) is 1. The Morgan fingerprint density at radius 2 is 1.59 bits per heavy atom. The van der Waals surface area contributed by atoms with E-state index in [0.717, 1.165) is 0 Å². The van der Waals surface area contributed by atoms with Gasteiger partial charge in [0.1, 0.15) is 6.10 Å². The molecule has 4 rings (SSSR count). The number of ether oxygens (including phenoxy) is 7. The van der Waals surface area contributed by atoms with Crippen LogP contribution in [0.25, 0.3) is 11.1 Å². The molecule has 1 aliphatic carbocycles. The molecular weight excluding hydrogens is 444 g/mol. The largest absolute Gasteiger partial charge is 0.493 e. The summed E-state index contributed by atoms with van der Waals surface area (Å²) in [6, 6.07) is 3.41. The first kappa shape index (κ1) is 23.5. The van der Waals surface area contributed by atoms with Crippen LogP contribution in [0, 0.1) is 11.8 Å². The smallest absolute Gasteiger partial charge is 0.303 e. The summed E-state index contributed by atoms with van der Waals surface area (Å²) in [4.78, 5) is 26.0. The molecule has 0 amide bonds. The first-order valence-corrected chi connectivity index (χ1v) is 10.8. The van der Waals surface area contributed by atoms with Crippen LogP contribution in [0.1, 0.15) is 42.8 Å². The fourth-order valence-electron chi connectivity index (χ4n) is 4.69. The van der Waals surface area contributed by atoms with Gasteiger partial charge in [0.15, 0.2) is 28.8 Å². The Bertz CT molecular complexity index is 1150. The first-order chi connectivity index (χ1) is 16.3. The Morgan fingerprint density at radius 1 is 0.912 bits per heavy atom. The summed E-state index contributed by atoms with van der Waals surface area (Å²) in [5.74, 6) is 0.624. The van der Waals surface area contributed by atoms with Crippen molar-refractivity contribution < 1.29 is 42.7 Å². The highest BCUT2D eigenvalue weighted by Crippen LogP contribution is 2.58. The van der Waals surface area contributed by atoms with E-state index in [0.29, 0.717) is 51.0 Å². The molecule has 0 N–H and O–H groups in total. The minimum Gasteiger partial charge on any atom is -0.493 e. The molecule has 0 saturated carbocycles. The summed E-state index contributed by atoms with van der Waals surface area (Å²) in [7, 11) is 5.96. The molecule has 2 aliphatic rings. The zero-order chi connectivity index (χ0) is 24.7. The second-order valence-electron chi connectivity index (χ2n) is 8.22. The molecule has 1 heterocycles.